The van der Waals surface area contributed by atoms with Crippen molar-refractivity contribution >= 4 is 0 Å². The van der Waals surface area contributed by atoms with Crippen LogP contribution in [0, 0.1) is 0 Å². The topological polar surface area (TPSA) is 40.5 Å². The van der Waals surface area contributed by atoms with Gasteiger partial charge in [0.2, 0.25) is 0 Å². The Labute approximate surface area is 113 Å². The predicted molar refractivity (Wildman–Crippen MR) is 78.7 cm³/mol. The number of unbranched alkanes of at least 4 members (excludes halogenated alkanes) is 10. The molecule has 0 saturated carbocycles. The third kappa shape index (κ3) is 15.7. The standard InChI is InChI=1S/C16H32O2/c17-15-13-11-9-7-5-3-1-2-4-6-8-10-12-14-16-18/h3,5,17-18H,1-2,4,6-16H2/b5-3-. The Kier molecular flexibility index (Phi) is 16.3. The molecule has 0 atom stereocenters. The maximum absolute atomic E-state index is 8.64. The summed E-state index contributed by atoms with van der Waals surface area (Å²) in [6, 6.07) is 0. The minimum atomic E-state index is 0.335. The Bertz CT molecular complexity index is 166. The number of hydrogen-bond acceptors (Lipinski definition) is 2. The Morgan fingerprint density at radius 1 is 0.444 bits per heavy atom. The second kappa shape index (κ2) is 16.7. The van der Waals surface area contributed by atoms with Crippen molar-refractivity contribution in [1.29, 1.82) is 0 Å². The van der Waals surface area contributed by atoms with Crippen LogP contribution >= 0.6 is 0 Å². The molecular weight excluding hydrogens is 224 g/mol. The van der Waals surface area contributed by atoms with Crippen LogP contribution in [0.25, 0.3) is 0 Å². The van der Waals surface area contributed by atoms with Crippen LogP contribution in [0.3, 0.4) is 0 Å². The maximum Gasteiger partial charge on any atom is 0.0431 e. The highest BCUT2D eigenvalue weighted by Gasteiger charge is 1.90. The first-order valence-electron chi connectivity index (χ1n) is 7.78. The summed E-state index contributed by atoms with van der Waals surface area (Å²) >= 11 is 0. The van der Waals surface area contributed by atoms with Gasteiger partial charge in [0.05, 0.1) is 0 Å². The monoisotopic (exact) mass is 256 g/mol. The van der Waals surface area contributed by atoms with Crippen molar-refractivity contribution in [1.82, 2.24) is 0 Å². The maximum atomic E-state index is 8.64. The van der Waals surface area contributed by atoms with Crippen LogP contribution < -0.4 is 0 Å². The molecule has 0 amide bonds. The molecule has 2 N–H and O–H groups in total. The van der Waals surface area contributed by atoms with Crippen molar-refractivity contribution in [2.24, 2.45) is 0 Å². The van der Waals surface area contributed by atoms with Crippen LogP contribution in [0.15, 0.2) is 12.2 Å². The molecule has 0 spiro atoms. The molecule has 0 aliphatic rings. The van der Waals surface area contributed by atoms with Crippen molar-refractivity contribution < 1.29 is 10.2 Å². The van der Waals surface area contributed by atoms with Crippen LogP contribution in [-0.4, -0.2) is 23.4 Å². The van der Waals surface area contributed by atoms with E-state index in [1.165, 1.54) is 57.8 Å². The van der Waals surface area contributed by atoms with E-state index in [-0.39, 0.29) is 0 Å². The summed E-state index contributed by atoms with van der Waals surface area (Å²) in [5.41, 5.74) is 0. The summed E-state index contributed by atoms with van der Waals surface area (Å²) < 4.78 is 0. The molecule has 0 fully saturated rings. The van der Waals surface area contributed by atoms with Crippen molar-refractivity contribution in [2.45, 2.75) is 77.0 Å². The van der Waals surface area contributed by atoms with E-state index in [1.807, 2.05) is 0 Å². The number of allylic oxidation sites excluding steroid dienone is 2. The molecule has 0 bridgehead atoms. The molecule has 0 radical (unpaired) electrons. The molecule has 0 aromatic carbocycles. The van der Waals surface area contributed by atoms with Gasteiger partial charge in [-0.25, -0.2) is 0 Å². The lowest BCUT2D eigenvalue weighted by atomic mass is 10.1. The molecule has 0 unspecified atom stereocenters. The van der Waals surface area contributed by atoms with Crippen molar-refractivity contribution in [3.63, 3.8) is 0 Å². The fourth-order valence-corrected chi connectivity index (χ4v) is 2.04. The predicted octanol–water partition coefficient (Wildman–Crippen LogP) is 4.21. The van der Waals surface area contributed by atoms with Gasteiger partial charge in [0, 0.05) is 13.2 Å². The fourth-order valence-electron chi connectivity index (χ4n) is 2.04. The van der Waals surface area contributed by atoms with E-state index < -0.39 is 0 Å². The molecule has 0 aromatic heterocycles. The molecule has 0 rings (SSSR count). The largest absolute Gasteiger partial charge is 0.396 e. The highest BCUT2D eigenvalue weighted by Crippen LogP contribution is 2.09. The van der Waals surface area contributed by atoms with Crippen LogP contribution in [0.1, 0.15) is 77.0 Å². The summed E-state index contributed by atoms with van der Waals surface area (Å²) in [5.74, 6) is 0. The van der Waals surface area contributed by atoms with Gasteiger partial charge in [-0.15, -0.1) is 0 Å². The van der Waals surface area contributed by atoms with E-state index in [9.17, 15) is 0 Å². The second-order valence-electron chi connectivity index (χ2n) is 5.03. The molecular formula is C16H32O2. The van der Waals surface area contributed by atoms with Crippen molar-refractivity contribution in [3.8, 4) is 0 Å². The van der Waals surface area contributed by atoms with Gasteiger partial charge in [0.15, 0.2) is 0 Å². The van der Waals surface area contributed by atoms with Gasteiger partial charge >= 0.3 is 0 Å². The van der Waals surface area contributed by atoms with Gasteiger partial charge in [0.25, 0.3) is 0 Å². The Hall–Kier alpha value is -0.340. The molecule has 0 aliphatic carbocycles. The van der Waals surface area contributed by atoms with E-state index in [4.69, 9.17) is 10.2 Å². The average molecular weight is 256 g/mol. The summed E-state index contributed by atoms with van der Waals surface area (Å²) in [7, 11) is 0. The molecule has 0 saturated heterocycles. The quantitative estimate of drug-likeness (QED) is 0.361. The van der Waals surface area contributed by atoms with Crippen molar-refractivity contribution in [3.05, 3.63) is 12.2 Å². The summed E-state index contributed by atoms with van der Waals surface area (Å²) in [6.07, 6.45) is 19.0. The van der Waals surface area contributed by atoms with Crippen LogP contribution in [0.2, 0.25) is 0 Å². The lowest BCUT2D eigenvalue weighted by Gasteiger charge is -1.99. The third-order valence-electron chi connectivity index (χ3n) is 3.22. The van der Waals surface area contributed by atoms with E-state index in [1.54, 1.807) is 0 Å². The first-order chi connectivity index (χ1) is 8.91. The number of hydrogen-bond donors (Lipinski definition) is 2. The average Bonchev–Trinajstić information content (AvgIpc) is 2.39. The Morgan fingerprint density at radius 2 is 0.778 bits per heavy atom. The SMILES string of the molecule is OCCCCC/C=C\CCCCCCCCCO. The zero-order valence-corrected chi connectivity index (χ0v) is 11.9. The zero-order chi connectivity index (χ0) is 13.3. The highest BCUT2D eigenvalue weighted by molar-refractivity contribution is 4.81. The number of rotatable bonds is 14. The second-order valence-corrected chi connectivity index (χ2v) is 5.03. The third-order valence-corrected chi connectivity index (χ3v) is 3.22. The lowest BCUT2D eigenvalue weighted by Crippen LogP contribution is -1.84. The molecule has 18 heavy (non-hydrogen) atoms. The van der Waals surface area contributed by atoms with E-state index in [2.05, 4.69) is 12.2 Å². The smallest absolute Gasteiger partial charge is 0.0431 e. The molecule has 0 aliphatic heterocycles. The Balaban J connectivity index is 2.99. The summed E-state index contributed by atoms with van der Waals surface area (Å²) in [6.45, 7) is 0.686. The van der Waals surface area contributed by atoms with Crippen LogP contribution in [-0.2, 0) is 0 Å². The fraction of sp³-hybridized carbons (Fsp3) is 0.875. The van der Waals surface area contributed by atoms with Gasteiger partial charge in [-0.1, -0.05) is 50.7 Å². The first-order valence-corrected chi connectivity index (χ1v) is 7.78. The highest BCUT2D eigenvalue weighted by atomic mass is 16.3. The van der Waals surface area contributed by atoms with Crippen LogP contribution in [0.5, 0.6) is 0 Å². The van der Waals surface area contributed by atoms with Gasteiger partial charge in [-0.05, 0) is 38.5 Å². The molecule has 2 heteroatoms. The lowest BCUT2D eigenvalue weighted by molar-refractivity contribution is 0.282. The van der Waals surface area contributed by atoms with Crippen LogP contribution in [0.4, 0.5) is 0 Å². The summed E-state index contributed by atoms with van der Waals surface area (Å²) in [5, 5.41) is 17.3. The Morgan fingerprint density at radius 3 is 1.22 bits per heavy atom. The molecule has 108 valence electrons. The zero-order valence-electron chi connectivity index (χ0n) is 11.9. The molecule has 0 aromatic rings. The number of aliphatic hydroxyl groups excluding tert-OH is 2. The van der Waals surface area contributed by atoms with E-state index in [0.717, 1.165) is 19.3 Å². The normalized spacial score (nSPS) is 11.4. The van der Waals surface area contributed by atoms with Gasteiger partial charge < -0.3 is 10.2 Å². The van der Waals surface area contributed by atoms with Gasteiger partial charge in [-0.3, -0.25) is 0 Å². The minimum Gasteiger partial charge on any atom is -0.396 e. The van der Waals surface area contributed by atoms with Crippen molar-refractivity contribution in [2.75, 3.05) is 13.2 Å². The minimum absolute atomic E-state index is 0.335. The molecule has 0 heterocycles. The summed E-state index contributed by atoms with van der Waals surface area (Å²) in [4.78, 5) is 0. The van der Waals surface area contributed by atoms with E-state index >= 15 is 0 Å². The number of aliphatic hydroxyl groups is 2. The molecule has 2 nitrogen and oxygen atoms in total. The van der Waals surface area contributed by atoms with Gasteiger partial charge in [0.1, 0.15) is 0 Å². The van der Waals surface area contributed by atoms with E-state index in [0.29, 0.717) is 13.2 Å². The van der Waals surface area contributed by atoms with Gasteiger partial charge in [-0.2, -0.15) is 0 Å². The first kappa shape index (κ1) is 17.7.